The summed E-state index contributed by atoms with van der Waals surface area (Å²) in [6.45, 7) is 51.8. The molecule has 0 aromatic heterocycles. The first kappa shape index (κ1) is 83.8. The normalized spacial score (nSPS) is 10.8. The van der Waals surface area contributed by atoms with Crippen molar-refractivity contribution in [2.24, 2.45) is 0 Å². The van der Waals surface area contributed by atoms with Gasteiger partial charge >= 0.3 is 0 Å². The van der Waals surface area contributed by atoms with E-state index in [0.29, 0.717) is 47.7 Å². The van der Waals surface area contributed by atoms with Gasteiger partial charge in [0.2, 0.25) is 11.5 Å². The van der Waals surface area contributed by atoms with Crippen LogP contribution in [0.2, 0.25) is 0 Å². The molecule has 0 spiro atoms. The van der Waals surface area contributed by atoms with Gasteiger partial charge in [0.15, 0.2) is 46.0 Å². The van der Waals surface area contributed by atoms with Crippen LogP contribution in [-0.2, 0) is 18.9 Å². The van der Waals surface area contributed by atoms with Crippen LogP contribution >= 0.6 is 0 Å². The molecule has 3 rings (SSSR count). The molecule has 0 heterocycles. The van der Waals surface area contributed by atoms with Gasteiger partial charge in [0.1, 0.15) is 0 Å². The van der Waals surface area contributed by atoms with E-state index in [9.17, 15) is 0 Å². The molecular weight excluding hydrogens is 1030 g/mol. The monoisotopic (exact) mass is 1140 g/mol. The Balaban J connectivity index is -0.000000379. The maximum absolute atomic E-state index is 7.00. The minimum atomic E-state index is 0.0602. The number of aliphatic hydroxyl groups is 1. The Bertz CT molecular complexity index is 2300. The standard InChI is InChI=1S/C33H40O6.C14H24O2.C13H22O2.2C3H6.2C2H6.CH4O/c1-8-18-38-32-28(34-4)19-26(20-29(32)35-5)16-14-24-10-12-25(13-11-24)15-17-27-21-30(36-6)33(31(22-27)37-7)39-23(3)9-2;1-8-12(6)16-14(11(4)5)13(15-7)9-10(2)3;1-7-8-15-13(11(4)5)12(14-6)9-10(2)3;2*1-3-2;3*1-2/h10-17,19-23H,8-9,18H2,1-7H3;9,12H,2,8H2,1,3-7H3;9H,2,7-8H2,1,3-6H3;2*3H,1H2,2H3;2*1-2H3;2H,1H3/b16-14+,17-15+;13-9+;12-9+;;;;;. The Kier molecular flexibility index (Phi) is 55.8. The molecule has 0 bridgehead atoms. The molecule has 0 aliphatic rings. The lowest BCUT2D eigenvalue weighted by Gasteiger charge is -2.19. The van der Waals surface area contributed by atoms with Gasteiger partial charge in [-0.1, -0.05) is 140 Å². The van der Waals surface area contributed by atoms with Gasteiger partial charge in [-0.25, -0.2) is 0 Å². The predicted octanol–water partition coefficient (Wildman–Crippen LogP) is 20.1. The summed E-state index contributed by atoms with van der Waals surface area (Å²) in [4.78, 5) is 0. The van der Waals surface area contributed by atoms with E-state index in [1.165, 1.54) is 0 Å². The smallest absolute Gasteiger partial charge is 0.203 e. The van der Waals surface area contributed by atoms with Gasteiger partial charge in [0.25, 0.3) is 0 Å². The molecule has 3 aromatic rings. The lowest BCUT2D eigenvalue weighted by molar-refractivity contribution is 0.109. The van der Waals surface area contributed by atoms with Crippen molar-refractivity contribution in [3.05, 3.63) is 167 Å². The number of aliphatic hydroxyl groups excluding tert-OH is 1. The third-order valence-electron chi connectivity index (χ3n) is 10.1. The number of allylic oxidation sites excluding steroid dienone is 8. The Morgan fingerprint density at radius 3 is 1.10 bits per heavy atom. The number of ether oxygens (including phenoxy) is 10. The fourth-order valence-electron chi connectivity index (χ4n) is 6.10. The molecule has 0 fully saturated rings. The fourth-order valence-corrected chi connectivity index (χ4v) is 6.10. The highest BCUT2D eigenvalue weighted by atomic mass is 16.6. The lowest BCUT2D eigenvalue weighted by atomic mass is 10.1. The van der Waals surface area contributed by atoms with E-state index in [0.717, 1.165) is 100 Å². The molecule has 3 aromatic carbocycles. The highest BCUT2D eigenvalue weighted by molar-refractivity contribution is 5.75. The molecule has 2 atom stereocenters. The number of rotatable bonds is 26. The number of benzene rings is 3. The summed E-state index contributed by atoms with van der Waals surface area (Å²) in [6, 6.07) is 16.1. The third-order valence-corrected chi connectivity index (χ3v) is 10.1. The molecule has 82 heavy (non-hydrogen) atoms. The van der Waals surface area contributed by atoms with Crippen LogP contribution in [0.4, 0.5) is 0 Å². The molecule has 1 N–H and O–H groups in total. The van der Waals surface area contributed by atoms with Gasteiger partial charge < -0.3 is 52.5 Å². The van der Waals surface area contributed by atoms with Crippen molar-refractivity contribution >= 4 is 24.3 Å². The minimum Gasteiger partial charge on any atom is -0.493 e. The van der Waals surface area contributed by atoms with Gasteiger partial charge in [0, 0.05) is 7.11 Å². The summed E-state index contributed by atoms with van der Waals surface area (Å²) in [7, 11) is 10.8. The zero-order chi connectivity index (χ0) is 64.2. The second-order valence-corrected chi connectivity index (χ2v) is 17.8. The average Bonchev–Trinajstić information content (AvgIpc) is 3.65. The van der Waals surface area contributed by atoms with Crippen molar-refractivity contribution in [3.8, 4) is 34.5 Å². The predicted molar refractivity (Wildman–Crippen MR) is 356 cm³/mol. The summed E-state index contributed by atoms with van der Waals surface area (Å²) in [5.74, 6) is 6.97. The largest absolute Gasteiger partial charge is 0.493 e. The molecule has 11 heteroatoms. The van der Waals surface area contributed by atoms with Crippen LogP contribution in [0.15, 0.2) is 144 Å². The van der Waals surface area contributed by atoms with Crippen LogP contribution in [0.25, 0.3) is 24.3 Å². The van der Waals surface area contributed by atoms with Crippen LogP contribution in [0.5, 0.6) is 34.5 Å². The average molecular weight is 1140 g/mol. The SMILES string of the molecule is C=C(C)/C=C(/OC)C(OC(C)CC)=C(C)C.C=C(C)/C=C(/OC)C(OCCC)=C(C)C.C=CC.C=CC.CC.CC.CCCOc1c(OC)cc(/C=C/c2ccc(/C=C/c3cc(OC)c(OC(C)CC)c(OC)c3)cc2)cc1OC.CO. The van der Waals surface area contributed by atoms with Gasteiger partial charge in [-0.05, 0) is 165 Å². The Morgan fingerprint density at radius 1 is 0.500 bits per heavy atom. The van der Waals surface area contributed by atoms with Crippen LogP contribution < -0.4 is 28.4 Å². The van der Waals surface area contributed by atoms with Crippen LogP contribution in [0, 0.1) is 0 Å². The maximum Gasteiger partial charge on any atom is 0.203 e. The van der Waals surface area contributed by atoms with E-state index >= 15 is 0 Å². The molecule has 0 saturated heterocycles. The number of hydrogen-bond acceptors (Lipinski definition) is 11. The van der Waals surface area contributed by atoms with Crippen LogP contribution in [0.1, 0.15) is 173 Å². The molecule has 0 radical (unpaired) electrons. The zero-order valence-corrected chi connectivity index (χ0v) is 56.0. The molecule has 0 aliphatic heterocycles. The first-order valence-corrected chi connectivity index (χ1v) is 28.6. The van der Waals surface area contributed by atoms with E-state index in [1.807, 2.05) is 139 Å². The maximum atomic E-state index is 7.00. The van der Waals surface area contributed by atoms with E-state index in [2.05, 4.69) is 97.4 Å². The zero-order valence-electron chi connectivity index (χ0n) is 56.0. The van der Waals surface area contributed by atoms with E-state index in [1.54, 1.807) is 54.8 Å². The Hall–Kier alpha value is -6.98. The molecular formula is C71H114O11. The fraction of sp³-hybridized carbons (Fsp3) is 0.465. The summed E-state index contributed by atoms with van der Waals surface area (Å²) in [6.07, 6.45) is 19.5. The highest BCUT2D eigenvalue weighted by Crippen LogP contribution is 2.41. The van der Waals surface area contributed by atoms with Crippen LogP contribution in [-0.4, -0.2) is 80.3 Å². The topological polar surface area (TPSA) is 113 Å². The second kappa shape index (κ2) is 54.6. The number of methoxy groups -OCH3 is 6. The lowest BCUT2D eigenvalue weighted by Crippen LogP contribution is -2.11. The van der Waals surface area contributed by atoms with Crippen molar-refractivity contribution < 1.29 is 52.5 Å². The van der Waals surface area contributed by atoms with E-state index < -0.39 is 0 Å². The molecule has 11 nitrogen and oxygen atoms in total. The molecule has 2 unspecified atom stereocenters. The van der Waals surface area contributed by atoms with E-state index in [4.69, 9.17) is 52.5 Å². The van der Waals surface area contributed by atoms with Crippen LogP contribution in [0.3, 0.4) is 0 Å². The van der Waals surface area contributed by atoms with Gasteiger partial charge in [-0.3, -0.25) is 0 Å². The summed E-state index contributed by atoms with van der Waals surface area (Å²) in [5.41, 5.74) is 8.18. The molecule has 464 valence electrons. The Labute approximate surface area is 501 Å². The minimum absolute atomic E-state index is 0.0602. The molecule has 0 saturated carbocycles. The Morgan fingerprint density at radius 2 is 0.817 bits per heavy atom. The van der Waals surface area contributed by atoms with Crippen molar-refractivity contribution in [2.75, 3.05) is 63.0 Å². The summed E-state index contributed by atoms with van der Waals surface area (Å²) >= 11 is 0. The molecule has 0 aliphatic carbocycles. The van der Waals surface area contributed by atoms with Crippen molar-refractivity contribution in [1.29, 1.82) is 0 Å². The van der Waals surface area contributed by atoms with Gasteiger partial charge in [-0.15, -0.1) is 13.2 Å². The van der Waals surface area contributed by atoms with Gasteiger partial charge in [-0.2, -0.15) is 0 Å². The van der Waals surface area contributed by atoms with Crippen molar-refractivity contribution in [1.82, 2.24) is 0 Å². The summed E-state index contributed by atoms with van der Waals surface area (Å²) in [5, 5.41) is 7.00. The summed E-state index contributed by atoms with van der Waals surface area (Å²) < 4.78 is 56.3. The third kappa shape index (κ3) is 37.1. The number of hydrogen-bond donors (Lipinski definition) is 1. The van der Waals surface area contributed by atoms with Crippen molar-refractivity contribution in [3.63, 3.8) is 0 Å². The van der Waals surface area contributed by atoms with E-state index in [-0.39, 0.29) is 12.2 Å². The highest BCUT2D eigenvalue weighted by Gasteiger charge is 2.17. The second-order valence-electron chi connectivity index (χ2n) is 17.8. The quantitative estimate of drug-likeness (QED) is 0.0359. The molecule has 0 amide bonds. The van der Waals surface area contributed by atoms with Gasteiger partial charge in [0.05, 0.1) is 68.1 Å². The first-order chi connectivity index (χ1) is 39.2. The first-order valence-electron chi connectivity index (χ1n) is 28.6. The van der Waals surface area contributed by atoms with Crippen molar-refractivity contribution in [2.45, 2.75) is 163 Å².